The molecular weight excluding hydrogens is 275 g/mol. The summed E-state index contributed by atoms with van der Waals surface area (Å²) in [4.78, 5) is 4.66. The van der Waals surface area contributed by atoms with Crippen LogP contribution in [0.4, 0.5) is 10.1 Å². The highest BCUT2D eigenvalue weighted by Gasteiger charge is 2.15. The van der Waals surface area contributed by atoms with Gasteiger partial charge in [0.2, 0.25) is 0 Å². The van der Waals surface area contributed by atoms with E-state index >= 15 is 0 Å². The smallest absolute Gasteiger partial charge is 0.123 e. The monoisotopic (exact) mass is 294 g/mol. The van der Waals surface area contributed by atoms with Crippen molar-refractivity contribution in [1.82, 2.24) is 5.32 Å². The van der Waals surface area contributed by atoms with E-state index in [4.69, 9.17) is 0 Å². The zero-order chi connectivity index (χ0) is 15.5. The van der Waals surface area contributed by atoms with Crippen molar-refractivity contribution < 1.29 is 4.39 Å². The third kappa shape index (κ3) is 3.08. The summed E-state index contributed by atoms with van der Waals surface area (Å²) >= 11 is 0. The fourth-order valence-electron chi connectivity index (χ4n) is 2.63. The van der Waals surface area contributed by atoms with Crippen LogP contribution in [-0.2, 0) is 12.8 Å². The average Bonchev–Trinajstić information content (AvgIpc) is 2.53. The van der Waals surface area contributed by atoms with Crippen molar-refractivity contribution in [3.05, 3.63) is 71.6 Å². The molecule has 22 heavy (non-hydrogen) atoms. The maximum Gasteiger partial charge on any atom is 0.123 e. The lowest BCUT2D eigenvalue weighted by atomic mass is 10.0. The number of fused-ring (bicyclic) bond motifs is 1. The Kier molecular flexibility index (Phi) is 4.05. The van der Waals surface area contributed by atoms with Crippen LogP contribution in [0.1, 0.15) is 30.0 Å². The summed E-state index contributed by atoms with van der Waals surface area (Å²) in [5.41, 5.74) is 5.15. The lowest BCUT2D eigenvalue weighted by molar-refractivity contribution is 0.625. The molecule has 1 aliphatic rings. The van der Waals surface area contributed by atoms with Crippen LogP contribution in [0.5, 0.6) is 0 Å². The lowest BCUT2D eigenvalue weighted by Gasteiger charge is -2.20. The maximum absolute atomic E-state index is 13.2. The summed E-state index contributed by atoms with van der Waals surface area (Å²) < 4.78 is 13.2. The van der Waals surface area contributed by atoms with Crippen molar-refractivity contribution >= 4 is 17.2 Å². The van der Waals surface area contributed by atoms with Gasteiger partial charge in [-0.25, -0.2) is 9.38 Å². The molecule has 1 N–H and O–H groups in total. The van der Waals surface area contributed by atoms with Gasteiger partial charge in [0.1, 0.15) is 11.7 Å². The van der Waals surface area contributed by atoms with Crippen molar-refractivity contribution in [1.29, 1.82) is 0 Å². The van der Waals surface area contributed by atoms with Crippen LogP contribution in [0.2, 0.25) is 0 Å². The van der Waals surface area contributed by atoms with Gasteiger partial charge in [-0.05, 0) is 48.2 Å². The molecule has 1 heterocycles. The van der Waals surface area contributed by atoms with Crippen LogP contribution in [0.15, 0.2) is 54.0 Å². The fraction of sp³-hybridized carbons (Fsp3) is 0.211. The van der Waals surface area contributed by atoms with E-state index in [0.717, 1.165) is 47.6 Å². The largest absolute Gasteiger partial charge is 0.344 e. The zero-order valence-electron chi connectivity index (χ0n) is 12.7. The van der Waals surface area contributed by atoms with Gasteiger partial charge in [-0.1, -0.05) is 31.7 Å². The minimum atomic E-state index is -0.196. The van der Waals surface area contributed by atoms with Crippen LogP contribution in [0.3, 0.4) is 0 Å². The topological polar surface area (TPSA) is 24.4 Å². The SMILES string of the molecule is C=C1NC(CCc2cccc(F)c2)=Nc2ccc(CC)cc21. The van der Waals surface area contributed by atoms with Gasteiger partial charge in [-0.15, -0.1) is 0 Å². The Morgan fingerprint density at radius 1 is 1.09 bits per heavy atom. The first-order chi connectivity index (χ1) is 10.7. The zero-order valence-corrected chi connectivity index (χ0v) is 12.7. The van der Waals surface area contributed by atoms with Crippen molar-refractivity contribution in [2.75, 3.05) is 0 Å². The summed E-state index contributed by atoms with van der Waals surface area (Å²) in [5, 5.41) is 3.27. The number of hydrogen-bond acceptors (Lipinski definition) is 2. The highest BCUT2D eigenvalue weighted by molar-refractivity contribution is 5.97. The summed E-state index contributed by atoms with van der Waals surface area (Å²) in [6.07, 6.45) is 2.48. The number of hydrogen-bond donors (Lipinski definition) is 1. The summed E-state index contributed by atoms with van der Waals surface area (Å²) in [6, 6.07) is 13.0. The van der Waals surface area contributed by atoms with Crippen LogP contribution >= 0.6 is 0 Å². The predicted octanol–water partition coefficient (Wildman–Crippen LogP) is 4.62. The Labute approximate surface area is 130 Å². The van der Waals surface area contributed by atoms with Crippen molar-refractivity contribution in [2.45, 2.75) is 26.2 Å². The molecule has 0 saturated heterocycles. The molecule has 2 aromatic carbocycles. The second kappa shape index (κ2) is 6.14. The van der Waals surface area contributed by atoms with Crippen LogP contribution in [0.25, 0.3) is 5.70 Å². The van der Waals surface area contributed by atoms with Gasteiger partial charge in [0, 0.05) is 17.7 Å². The Hall–Kier alpha value is -2.42. The molecule has 0 unspecified atom stereocenters. The molecule has 3 rings (SSSR count). The van der Waals surface area contributed by atoms with Gasteiger partial charge in [0.25, 0.3) is 0 Å². The summed E-state index contributed by atoms with van der Waals surface area (Å²) in [6.45, 7) is 6.23. The molecule has 0 saturated carbocycles. The van der Waals surface area contributed by atoms with E-state index in [2.05, 4.69) is 35.9 Å². The van der Waals surface area contributed by atoms with Crippen molar-refractivity contribution in [2.24, 2.45) is 4.99 Å². The lowest BCUT2D eigenvalue weighted by Crippen LogP contribution is -2.25. The van der Waals surface area contributed by atoms with Gasteiger partial charge in [0.05, 0.1) is 5.69 Å². The first-order valence-electron chi connectivity index (χ1n) is 7.57. The number of nitrogens with zero attached hydrogens (tertiary/aromatic N) is 1. The van der Waals surface area contributed by atoms with E-state index in [1.54, 1.807) is 12.1 Å². The van der Waals surface area contributed by atoms with E-state index in [9.17, 15) is 4.39 Å². The molecule has 0 aromatic heterocycles. The van der Waals surface area contributed by atoms with E-state index in [1.165, 1.54) is 11.6 Å². The Morgan fingerprint density at radius 3 is 2.73 bits per heavy atom. The molecule has 0 atom stereocenters. The number of halogens is 1. The minimum Gasteiger partial charge on any atom is -0.344 e. The highest BCUT2D eigenvalue weighted by atomic mass is 19.1. The highest BCUT2D eigenvalue weighted by Crippen LogP contribution is 2.29. The molecule has 0 amide bonds. The number of amidine groups is 1. The van der Waals surface area contributed by atoms with Gasteiger partial charge in [-0.3, -0.25) is 0 Å². The molecule has 0 spiro atoms. The number of aliphatic imine (C=N–C) groups is 1. The second-order valence-corrected chi connectivity index (χ2v) is 5.50. The van der Waals surface area contributed by atoms with E-state index in [0.29, 0.717) is 0 Å². The predicted molar refractivity (Wildman–Crippen MR) is 89.8 cm³/mol. The third-order valence-electron chi connectivity index (χ3n) is 3.88. The molecular formula is C19H19FN2. The molecule has 0 aliphatic carbocycles. The first kappa shape index (κ1) is 14.5. The van der Waals surface area contributed by atoms with Crippen molar-refractivity contribution in [3.63, 3.8) is 0 Å². The van der Waals surface area contributed by atoms with E-state index in [-0.39, 0.29) is 5.82 Å². The summed E-state index contributed by atoms with van der Waals surface area (Å²) in [7, 11) is 0. The normalized spacial score (nSPS) is 13.4. The molecule has 0 radical (unpaired) electrons. The Morgan fingerprint density at radius 2 is 1.95 bits per heavy atom. The molecule has 0 bridgehead atoms. The Bertz CT molecular complexity index is 747. The van der Waals surface area contributed by atoms with Gasteiger partial charge in [0.15, 0.2) is 0 Å². The third-order valence-corrected chi connectivity index (χ3v) is 3.88. The number of benzene rings is 2. The number of nitrogens with one attached hydrogen (secondary N) is 1. The minimum absolute atomic E-state index is 0.196. The van der Waals surface area contributed by atoms with E-state index < -0.39 is 0 Å². The summed E-state index contributed by atoms with van der Waals surface area (Å²) in [5.74, 6) is 0.684. The molecule has 0 fully saturated rings. The Balaban J connectivity index is 1.78. The molecule has 1 aliphatic heterocycles. The van der Waals surface area contributed by atoms with Crippen LogP contribution < -0.4 is 5.32 Å². The molecule has 3 heteroatoms. The van der Waals surface area contributed by atoms with E-state index in [1.807, 2.05) is 12.1 Å². The standard InChI is InChI=1S/C19H19FN2/c1-3-14-7-9-18-17(12-14)13(2)21-19(22-18)10-8-15-5-4-6-16(20)11-15/h4-7,9,11-12H,2-3,8,10H2,1H3,(H,21,22). The number of rotatable bonds is 4. The van der Waals surface area contributed by atoms with Gasteiger partial charge >= 0.3 is 0 Å². The average molecular weight is 294 g/mol. The second-order valence-electron chi connectivity index (χ2n) is 5.50. The van der Waals surface area contributed by atoms with Crippen molar-refractivity contribution in [3.8, 4) is 0 Å². The van der Waals surface area contributed by atoms with Crippen LogP contribution in [-0.4, -0.2) is 5.84 Å². The molecule has 112 valence electrons. The maximum atomic E-state index is 13.2. The van der Waals surface area contributed by atoms with Crippen LogP contribution in [0, 0.1) is 5.82 Å². The quantitative estimate of drug-likeness (QED) is 0.874. The molecule has 2 nitrogen and oxygen atoms in total. The van der Waals surface area contributed by atoms with Gasteiger partial charge in [-0.2, -0.15) is 0 Å². The number of aryl methyl sites for hydroxylation is 2. The first-order valence-corrected chi connectivity index (χ1v) is 7.57. The van der Waals surface area contributed by atoms with Gasteiger partial charge < -0.3 is 5.32 Å². The fourth-order valence-corrected chi connectivity index (χ4v) is 2.63. The molecule has 2 aromatic rings.